The van der Waals surface area contributed by atoms with Gasteiger partial charge in [0.15, 0.2) is 0 Å². The second-order valence-corrected chi connectivity index (χ2v) is 4.40. The van der Waals surface area contributed by atoms with Gasteiger partial charge in [0.25, 0.3) is 5.69 Å². The lowest BCUT2D eigenvalue weighted by Gasteiger charge is -1.99. The van der Waals surface area contributed by atoms with E-state index in [4.69, 9.17) is 11.6 Å². The fraction of sp³-hybridized carbons (Fsp3) is 0. The molecule has 19 heavy (non-hydrogen) atoms. The number of H-pyrrole nitrogens is 1. The summed E-state index contributed by atoms with van der Waals surface area (Å²) in [6.45, 7) is 0. The van der Waals surface area contributed by atoms with Crippen LogP contribution in [0.25, 0.3) is 22.2 Å². The Bertz CT molecular complexity index is 768. The van der Waals surface area contributed by atoms with E-state index in [2.05, 4.69) is 9.97 Å². The molecule has 0 fully saturated rings. The molecule has 1 N–H and O–H groups in total. The van der Waals surface area contributed by atoms with Crippen molar-refractivity contribution in [2.24, 2.45) is 0 Å². The number of nitro groups is 1. The average molecular weight is 274 g/mol. The molecule has 0 saturated carbocycles. The van der Waals surface area contributed by atoms with Gasteiger partial charge in [0.2, 0.25) is 0 Å². The predicted octanol–water partition coefficient (Wildman–Crippen LogP) is 3.79. The third-order valence-electron chi connectivity index (χ3n) is 2.86. The van der Waals surface area contributed by atoms with Crippen molar-refractivity contribution in [1.82, 2.24) is 9.97 Å². The summed E-state index contributed by atoms with van der Waals surface area (Å²) in [5.41, 5.74) is 2.54. The smallest absolute Gasteiger partial charge is 0.297 e. The zero-order valence-electron chi connectivity index (χ0n) is 9.63. The van der Waals surface area contributed by atoms with Crippen LogP contribution in [0, 0.1) is 10.1 Å². The minimum atomic E-state index is -0.471. The van der Waals surface area contributed by atoms with Crippen molar-refractivity contribution in [2.45, 2.75) is 0 Å². The Kier molecular flexibility index (Phi) is 2.68. The van der Waals surface area contributed by atoms with Gasteiger partial charge in [0.1, 0.15) is 16.2 Å². The minimum absolute atomic E-state index is 0.0721. The molecule has 1 aromatic carbocycles. The molecule has 0 spiro atoms. The summed E-state index contributed by atoms with van der Waals surface area (Å²) in [4.78, 5) is 17.6. The van der Waals surface area contributed by atoms with E-state index < -0.39 is 4.92 Å². The second-order valence-electron chi connectivity index (χ2n) is 4.01. The Hall–Kier alpha value is -2.40. The first-order chi connectivity index (χ1) is 9.16. The maximum absolute atomic E-state index is 11.0. The number of nitrogens with one attached hydrogen (secondary N) is 1. The summed E-state index contributed by atoms with van der Waals surface area (Å²) in [7, 11) is 0. The Balaban J connectivity index is 2.32. The number of pyridine rings is 1. The zero-order chi connectivity index (χ0) is 13.4. The predicted molar refractivity (Wildman–Crippen MR) is 73.2 cm³/mol. The van der Waals surface area contributed by atoms with E-state index in [0.29, 0.717) is 11.0 Å². The monoisotopic (exact) mass is 273 g/mol. The first-order valence-corrected chi connectivity index (χ1v) is 5.92. The molecule has 0 saturated heterocycles. The summed E-state index contributed by atoms with van der Waals surface area (Å²) in [5, 5.41) is 11.1. The molecule has 0 unspecified atom stereocenters. The molecule has 0 amide bonds. The van der Waals surface area contributed by atoms with Gasteiger partial charge in [-0.3, -0.25) is 10.1 Å². The molecule has 0 aliphatic rings. The van der Waals surface area contributed by atoms with Gasteiger partial charge in [0, 0.05) is 11.8 Å². The summed E-state index contributed by atoms with van der Waals surface area (Å²) in [6.07, 6.45) is 1.70. The van der Waals surface area contributed by atoms with Gasteiger partial charge in [-0.05, 0) is 5.56 Å². The Morgan fingerprint density at radius 3 is 2.68 bits per heavy atom. The maximum Gasteiger partial charge on any atom is 0.297 e. The normalized spacial score (nSPS) is 10.8. The number of nitrogens with zero attached hydrogens (tertiary/aromatic N) is 2. The van der Waals surface area contributed by atoms with Gasteiger partial charge in [-0.15, -0.1) is 0 Å². The number of benzene rings is 1. The zero-order valence-corrected chi connectivity index (χ0v) is 10.4. The molecule has 3 aromatic rings. The van der Waals surface area contributed by atoms with Gasteiger partial charge in [-0.1, -0.05) is 41.9 Å². The second kappa shape index (κ2) is 4.37. The Morgan fingerprint density at radius 2 is 2.00 bits per heavy atom. The lowest BCUT2D eigenvalue weighted by Crippen LogP contribution is -1.91. The van der Waals surface area contributed by atoms with E-state index >= 15 is 0 Å². The first-order valence-electron chi connectivity index (χ1n) is 5.54. The average Bonchev–Trinajstić information content (AvgIpc) is 2.82. The van der Waals surface area contributed by atoms with Crippen molar-refractivity contribution in [1.29, 1.82) is 0 Å². The molecule has 2 aromatic heterocycles. The minimum Gasteiger partial charge on any atom is -0.354 e. The molecule has 3 rings (SSSR count). The van der Waals surface area contributed by atoms with Crippen LogP contribution in [0.1, 0.15) is 0 Å². The third kappa shape index (κ3) is 1.94. The molecular weight excluding hydrogens is 266 g/mol. The number of halogens is 1. The Labute approximate surface area is 113 Å². The van der Waals surface area contributed by atoms with Crippen molar-refractivity contribution in [3.05, 3.63) is 57.9 Å². The van der Waals surface area contributed by atoms with Gasteiger partial charge in [-0.25, -0.2) is 4.98 Å². The molecule has 0 atom stereocenters. The highest BCUT2D eigenvalue weighted by atomic mass is 35.5. The van der Waals surface area contributed by atoms with Gasteiger partial charge in [0.05, 0.1) is 11.0 Å². The van der Waals surface area contributed by atoms with Crippen LogP contribution in [0.2, 0.25) is 5.15 Å². The Morgan fingerprint density at radius 1 is 1.26 bits per heavy atom. The van der Waals surface area contributed by atoms with Gasteiger partial charge < -0.3 is 4.98 Å². The highest BCUT2D eigenvalue weighted by Gasteiger charge is 2.19. The lowest BCUT2D eigenvalue weighted by atomic mass is 10.1. The molecule has 0 aliphatic carbocycles. The van der Waals surface area contributed by atoms with E-state index in [-0.39, 0.29) is 10.8 Å². The number of hydrogen-bond acceptors (Lipinski definition) is 3. The molecule has 0 aliphatic heterocycles. The van der Waals surface area contributed by atoms with Crippen LogP contribution in [0.5, 0.6) is 0 Å². The quantitative estimate of drug-likeness (QED) is 0.438. The van der Waals surface area contributed by atoms with E-state index in [0.717, 1.165) is 11.1 Å². The van der Waals surface area contributed by atoms with Crippen LogP contribution in [0.4, 0.5) is 5.69 Å². The largest absolute Gasteiger partial charge is 0.354 e. The fourth-order valence-corrected chi connectivity index (χ4v) is 2.22. The summed E-state index contributed by atoms with van der Waals surface area (Å²) >= 11 is 5.85. The summed E-state index contributed by atoms with van der Waals surface area (Å²) in [6, 6.07) is 10.8. The van der Waals surface area contributed by atoms with Crippen LogP contribution in [0.15, 0.2) is 42.6 Å². The first kappa shape index (κ1) is 11.7. The van der Waals surface area contributed by atoms with Crippen LogP contribution in [-0.2, 0) is 0 Å². The number of fused-ring (bicyclic) bond motifs is 1. The van der Waals surface area contributed by atoms with Crippen LogP contribution < -0.4 is 0 Å². The van der Waals surface area contributed by atoms with Crippen molar-refractivity contribution >= 4 is 28.3 Å². The van der Waals surface area contributed by atoms with E-state index in [9.17, 15) is 10.1 Å². The number of aromatic amines is 1. The van der Waals surface area contributed by atoms with Crippen molar-refractivity contribution in [3.8, 4) is 11.1 Å². The van der Waals surface area contributed by atoms with Crippen LogP contribution in [-0.4, -0.2) is 14.9 Å². The molecule has 94 valence electrons. The van der Waals surface area contributed by atoms with Crippen molar-refractivity contribution < 1.29 is 4.92 Å². The summed E-state index contributed by atoms with van der Waals surface area (Å²) < 4.78 is 0. The van der Waals surface area contributed by atoms with E-state index in [1.807, 2.05) is 30.3 Å². The number of hydrogen-bond donors (Lipinski definition) is 1. The van der Waals surface area contributed by atoms with E-state index in [1.54, 1.807) is 6.20 Å². The van der Waals surface area contributed by atoms with Crippen molar-refractivity contribution in [2.75, 3.05) is 0 Å². The highest BCUT2D eigenvalue weighted by Crippen LogP contribution is 2.33. The maximum atomic E-state index is 11.0. The molecule has 5 nitrogen and oxygen atoms in total. The summed E-state index contributed by atoms with van der Waals surface area (Å²) in [5.74, 6) is 0. The topological polar surface area (TPSA) is 71.8 Å². The molecular formula is C13H8ClN3O2. The van der Waals surface area contributed by atoms with Crippen molar-refractivity contribution in [3.63, 3.8) is 0 Å². The molecule has 2 heterocycles. The standard InChI is InChI=1S/C13H8ClN3O2/c14-11-6-10(17(18)19)13-12(16-11)9(7-15-13)8-4-2-1-3-5-8/h1-7,15H. The van der Waals surface area contributed by atoms with Gasteiger partial charge >= 0.3 is 0 Å². The fourth-order valence-electron chi connectivity index (χ4n) is 2.03. The van der Waals surface area contributed by atoms with Crippen LogP contribution >= 0.6 is 11.6 Å². The number of aromatic nitrogens is 2. The van der Waals surface area contributed by atoms with Crippen LogP contribution in [0.3, 0.4) is 0 Å². The molecule has 6 heteroatoms. The van der Waals surface area contributed by atoms with E-state index in [1.165, 1.54) is 6.07 Å². The molecule has 0 bridgehead atoms. The third-order valence-corrected chi connectivity index (χ3v) is 3.06. The lowest BCUT2D eigenvalue weighted by molar-refractivity contribution is -0.383. The van der Waals surface area contributed by atoms with Gasteiger partial charge in [-0.2, -0.15) is 0 Å². The number of rotatable bonds is 2. The molecule has 0 radical (unpaired) electrons. The highest BCUT2D eigenvalue weighted by molar-refractivity contribution is 6.30. The SMILES string of the molecule is O=[N+]([O-])c1cc(Cl)nc2c(-c3ccccc3)c[nH]c12.